The van der Waals surface area contributed by atoms with E-state index >= 15 is 0 Å². The zero-order valence-corrected chi connectivity index (χ0v) is 21.3. The Morgan fingerprint density at radius 1 is 1.09 bits per heavy atom. The standard InChI is InChI=1S/C27H24BrN3O2S/c1-3-32-20-10-7-18(8-11-20)23-13-14-24(33-23)26-25(22-6-4-5-15-29-22)30-27(34)31(26)19-9-12-21(28)17(2)16-19/h4-16,25-26H,3H2,1-2H3,(H,30,34)/t25-,26+/m1/s1. The van der Waals surface area contributed by atoms with E-state index in [0.29, 0.717) is 11.7 Å². The smallest absolute Gasteiger partial charge is 0.174 e. The Labute approximate surface area is 212 Å². The molecule has 0 aliphatic carbocycles. The van der Waals surface area contributed by atoms with Gasteiger partial charge in [-0.25, -0.2) is 0 Å². The Balaban J connectivity index is 1.55. The number of aromatic nitrogens is 1. The highest BCUT2D eigenvalue weighted by molar-refractivity contribution is 9.10. The molecule has 0 spiro atoms. The van der Waals surface area contributed by atoms with Crippen molar-refractivity contribution in [2.75, 3.05) is 11.5 Å². The Morgan fingerprint density at radius 3 is 2.62 bits per heavy atom. The molecule has 0 amide bonds. The third-order valence-corrected chi connectivity index (χ3v) is 7.09. The number of aryl methyl sites for hydroxylation is 1. The number of furan rings is 1. The highest BCUT2D eigenvalue weighted by atomic mass is 79.9. The van der Waals surface area contributed by atoms with Crippen LogP contribution in [0.25, 0.3) is 11.3 Å². The number of hydrogen-bond acceptors (Lipinski definition) is 4. The largest absolute Gasteiger partial charge is 0.494 e. The number of thiocarbonyl (C=S) groups is 1. The number of halogens is 1. The molecule has 3 heterocycles. The van der Waals surface area contributed by atoms with Gasteiger partial charge in [0.25, 0.3) is 0 Å². The summed E-state index contributed by atoms with van der Waals surface area (Å²) in [7, 11) is 0. The van der Waals surface area contributed by atoms with E-state index in [4.69, 9.17) is 21.4 Å². The minimum atomic E-state index is -0.195. The van der Waals surface area contributed by atoms with Crippen LogP contribution in [0.1, 0.15) is 36.0 Å². The molecule has 2 aromatic carbocycles. The van der Waals surface area contributed by atoms with Gasteiger partial charge >= 0.3 is 0 Å². The first kappa shape index (κ1) is 22.6. The van der Waals surface area contributed by atoms with Crippen LogP contribution in [0.3, 0.4) is 0 Å². The third-order valence-electron chi connectivity index (χ3n) is 5.89. The summed E-state index contributed by atoms with van der Waals surface area (Å²) in [6.07, 6.45) is 1.80. The maximum absolute atomic E-state index is 6.44. The number of ether oxygens (including phenoxy) is 1. The molecule has 5 nitrogen and oxygen atoms in total. The number of benzene rings is 2. The van der Waals surface area contributed by atoms with Crippen LogP contribution in [0.5, 0.6) is 5.75 Å². The number of nitrogens with zero attached hydrogens (tertiary/aromatic N) is 2. The predicted molar refractivity (Wildman–Crippen MR) is 142 cm³/mol. The molecule has 7 heteroatoms. The van der Waals surface area contributed by atoms with Crippen molar-refractivity contribution in [3.63, 3.8) is 0 Å². The van der Waals surface area contributed by atoms with Crippen LogP contribution >= 0.6 is 28.1 Å². The van der Waals surface area contributed by atoms with Crippen molar-refractivity contribution in [1.29, 1.82) is 0 Å². The number of rotatable bonds is 6. The summed E-state index contributed by atoms with van der Waals surface area (Å²) in [6.45, 7) is 4.69. The number of nitrogens with one attached hydrogen (secondary N) is 1. The Bertz CT molecular complexity index is 1310. The van der Waals surface area contributed by atoms with Gasteiger partial charge in [0.1, 0.15) is 23.3 Å². The Hall–Kier alpha value is -3.16. The van der Waals surface area contributed by atoms with E-state index in [1.807, 2.05) is 67.6 Å². The zero-order valence-electron chi connectivity index (χ0n) is 18.9. The molecular formula is C27H24BrN3O2S. The van der Waals surface area contributed by atoms with E-state index in [9.17, 15) is 0 Å². The fourth-order valence-electron chi connectivity index (χ4n) is 4.25. The van der Waals surface area contributed by atoms with Gasteiger partial charge < -0.3 is 19.4 Å². The SMILES string of the molecule is CCOc1ccc(-c2ccc([C@H]3[C@@H](c4ccccn4)NC(=S)N3c3ccc(Br)c(C)c3)o2)cc1. The quantitative estimate of drug-likeness (QED) is 0.269. The Morgan fingerprint density at radius 2 is 1.91 bits per heavy atom. The lowest BCUT2D eigenvalue weighted by Gasteiger charge is -2.26. The van der Waals surface area contributed by atoms with E-state index < -0.39 is 0 Å². The number of pyridine rings is 1. The van der Waals surface area contributed by atoms with E-state index in [1.54, 1.807) is 6.20 Å². The van der Waals surface area contributed by atoms with Crippen LogP contribution < -0.4 is 15.0 Å². The molecule has 34 heavy (non-hydrogen) atoms. The molecule has 0 bridgehead atoms. The summed E-state index contributed by atoms with van der Waals surface area (Å²) >= 11 is 9.41. The summed E-state index contributed by atoms with van der Waals surface area (Å²) in [5, 5.41) is 4.12. The average Bonchev–Trinajstić information content (AvgIpc) is 3.47. The lowest BCUT2D eigenvalue weighted by atomic mass is 10.0. The molecule has 1 saturated heterocycles. The van der Waals surface area contributed by atoms with Crippen LogP contribution in [0.4, 0.5) is 5.69 Å². The maximum Gasteiger partial charge on any atom is 0.174 e. The van der Waals surface area contributed by atoms with Gasteiger partial charge in [-0.15, -0.1) is 0 Å². The fraction of sp³-hybridized carbons (Fsp3) is 0.185. The molecule has 0 saturated carbocycles. The lowest BCUT2D eigenvalue weighted by Crippen LogP contribution is -2.29. The second-order valence-electron chi connectivity index (χ2n) is 8.09. The van der Waals surface area contributed by atoms with Crippen LogP contribution in [0.2, 0.25) is 0 Å². The topological polar surface area (TPSA) is 50.5 Å². The van der Waals surface area contributed by atoms with E-state index in [2.05, 4.69) is 50.2 Å². The molecule has 0 unspecified atom stereocenters. The van der Waals surface area contributed by atoms with Crippen molar-refractivity contribution in [3.8, 4) is 17.1 Å². The summed E-state index contributed by atoms with van der Waals surface area (Å²) in [5.74, 6) is 2.45. The number of anilines is 1. The highest BCUT2D eigenvalue weighted by Gasteiger charge is 2.42. The molecule has 5 rings (SSSR count). The highest BCUT2D eigenvalue weighted by Crippen LogP contribution is 2.43. The van der Waals surface area contributed by atoms with Crippen LogP contribution in [-0.2, 0) is 0 Å². The van der Waals surface area contributed by atoms with Gasteiger partial charge in [-0.2, -0.15) is 0 Å². The molecule has 0 radical (unpaired) electrons. The van der Waals surface area contributed by atoms with Gasteiger partial charge in [0, 0.05) is 21.9 Å². The first-order chi connectivity index (χ1) is 16.5. The van der Waals surface area contributed by atoms with Crippen molar-refractivity contribution < 1.29 is 9.15 Å². The van der Waals surface area contributed by atoms with Gasteiger partial charge in [0.15, 0.2) is 5.11 Å². The summed E-state index contributed by atoms with van der Waals surface area (Å²) in [5.41, 5.74) is 4.03. The van der Waals surface area contributed by atoms with Crippen molar-refractivity contribution in [2.24, 2.45) is 0 Å². The first-order valence-corrected chi connectivity index (χ1v) is 12.3. The van der Waals surface area contributed by atoms with Crippen molar-refractivity contribution in [3.05, 3.63) is 100 Å². The van der Waals surface area contributed by atoms with Crippen molar-refractivity contribution >= 4 is 38.9 Å². The molecule has 4 aromatic rings. The monoisotopic (exact) mass is 533 g/mol. The lowest BCUT2D eigenvalue weighted by molar-refractivity contribution is 0.340. The normalized spacial score (nSPS) is 17.6. The predicted octanol–water partition coefficient (Wildman–Crippen LogP) is 6.99. The number of hydrogen-bond donors (Lipinski definition) is 1. The fourth-order valence-corrected chi connectivity index (χ4v) is 4.84. The van der Waals surface area contributed by atoms with Gasteiger partial charge in [-0.3, -0.25) is 4.98 Å². The Kier molecular flexibility index (Phi) is 6.39. The van der Waals surface area contributed by atoms with E-state index in [-0.39, 0.29) is 12.1 Å². The van der Waals surface area contributed by atoms with Crippen molar-refractivity contribution in [1.82, 2.24) is 10.3 Å². The third kappa shape index (κ3) is 4.33. The van der Waals surface area contributed by atoms with E-state index in [0.717, 1.165) is 44.3 Å². The van der Waals surface area contributed by atoms with Gasteiger partial charge in [-0.1, -0.05) is 22.0 Å². The maximum atomic E-state index is 6.44. The van der Waals surface area contributed by atoms with E-state index in [1.165, 1.54) is 0 Å². The summed E-state index contributed by atoms with van der Waals surface area (Å²) < 4.78 is 13.1. The minimum absolute atomic E-state index is 0.156. The van der Waals surface area contributed by atoms with Crippen LogP contribution in [0.15, 0.2) is 87.9 Å². The molecule has 1 aliphatic heterocycles. The summed E-state index contributed by atoms with van der Waals surface area (Å²) in [4.78, 5) is 6.73. The van der Waals surface area contributed by atoms with Gasteiger partial charge in [0.2, 0.25) is 0 Å². The molecule has 2 atom stereocenters. The molecule has 1 N–H and O–H groups in total. The summed E-state index contributed by atoms with van der Waals surface area (Å²) in [6, 6.07) is 23.8. The molecular weight excluding hydrogens is 510 g/mol. The average molecular weight is 534 g/mol. The second-order valence-corrected chi connectivity index (χ2v) is 9.33. The van der Waals surface area contributed by atoms with Gasteiger partial charge in [-0.05, 0) is 98.4 Å². The molecule has 1 fully saturated rings. The first-order valence-electron chi connectivity index (χ1n) is 11.1. The molecule has 2 aromatic heterocycles. The minimum Gasteiger partial charge on any atom is -0.494 e. The van der Waals surface area contributed by atoms with Crippen LogP contribution in [0, 0.1) is 6.92 Å². The van der Waals surface area contributed by atoms with Crippen LogP contribution in [-0.4, -0.2) is 16.7 Å². The second kappa shape index (κ2) is 9.60. The molecule has 1 aliphatic rings. The zero-order chi connectivity index (χ0) is 23.7. The van der Waals surface area contributed by atoms with Crippen molar-refractivity contribution in [2.45, 2.75) is 25.9 Å². The molecule has 172 valence electrons. The van der Waals surface area contributed by atoms with Gasteiger partial charge in [0.05, 0.1) is 18.3 Å².